The standard InChI is InChI=1S/C41H79N3O4/c1-5-6-7-8-9-10-23-45-24-11-15-31(2)34-16-17-35-39-36(30-38(41(34,35)4)48-27-14-22-44)40(3)19-18-33(46-25-12-20-42)28-32(40)29-37(39)47-26-13-21-43/h31-39H,5-30,42-44H2,1-4H3/t31-,32?,33-,34-,35?,36?,37-,38+,39?,40+,41-/m1/s1. The number of hydrogen-bond donors (Lipinski definition) is 3. The van der Waals surface area contributed by atoms with Gasteiger partial charge in [-0.25, -0.2) is 0 Å². The fourth-order valence-electron chi connectivity index (χ4n) is 11.4. The molecule has 0 spiro atoms. The molecule has 4 fully saturated rings. The number of unbranched alkanes of at least 4 members (excludes halogenated alkanes) is 5. The molecular weight excluding hydrogens is 598 g/mol. The van der Waals surface area contributed by atoms with E-state index in [9.17, 15) is 0 Å². The molecule has 7 nitrogen and oxygen atoms in total. The van der Waals surface area contributed by atoms with Crippen LogP contribution in [0.5, 0.6) is 0 Å². The largest absolute Gasteiger partial charge is 0.381 e. The van der Waals surface area contributed by atoms with Gasteiger partial charge in [0.05, 0.1) is 18.3 Å². The smallest absolute Gasteiger partial charge is 0.0637 e. The van der Waals surface area contributed by atoms with Crippen molar-refractivity contribution in [2.75, 3.05) is 52.7 Å². The second kappa shape index (κ2) is 20.7. The molecule has 0 aliphatic heterocycles. The highest BCUT2D eigenvalue weighted by Crippen LogP contribution is 2.69. The van der Waals surface area contributed by atoms with Gasteiger partial charge in [0.1, 0.15) is 0 Å². The Labute approximate surface area is 296 Å². The normalized spacial score (nSPS) is 36.8. The van der Waals surface area contributed by atoms with Crippen LogP contribution in [-0.4, -0.2) is 71.0 Å². The molecular formula is C41H79N3O4. The molecule has 0 amide bonds. The van der Waals surface area contributed by atoms with Crippen LogP contribution in [0.3, 0.4) is 0 Å². The van der Waals surface area contributed by atoms with E-state index in [0.717, 1.165) is 71.6 Å². The summed E-state index contributed by atoms with van der Waals surface area (Å²) >= 11 is 0. The maximum absolute atomic E-state index is 7.02. The average Bonchev–Trinajstić information content (AvgIpc) is 3.44. The van der Waals surface area contributed by atoms with Gasteiger partial charge in [0, 0.05) is 38.4 Å². The average molecular weight is 678 g/mol. The first-order chi connectivity index (χ1) is 23.3. The Morgan fingerprint density at radius 1 is 0.667 bits per heavy atom. The summed E-state index contributed by atoms with van der Waals surface area (Å²) in [5, 5.41) is 0. The molecule has 0 heterocycles. The van der Waals surface area contributed by atoms with Crippen molar-refractivity contribution in [1.29, 1.82) is 0 Å². The molecule has 0 aromatic carbocycles. The third-order valence-corrected chi connectivity index (χ3v) is 14.1. The Balaban J connectivity index is 1.46. The van der Waals surface area contributed by atoms with Gasteiger partial charge in [-0.2, -0.15) is 0 Å². The van der Waals surface area contributed by atoms with Gasteiger partial charge in [-0.15, -0.1) is 0 Å². The van der Waals surface area contributed by atoms with Crippen molar-refractivity contribution in [1.82, 2.24) is 0 Å². The minimum atomic E-state index is 0.162. The van der Waals surface area contributed by atoms with Crippen molar-refractivity contribution in [3.8, 4) is 0 Å². The topological polar surface area (TPSA) is 115 Å². The van der Waals surface area contributed by atoms with Crippen molar-refractivity contribution in [2.24, 2.45) is 63.5 Å². The van der Waals surface area contributed by atoms with Crippen LogP contribution >= 0.6 is 0 Å². The predicted molar refractivity (Wildman–Crippen MR) is 199 cm³/mol. The molecule has 4 unspecified atom stereocenters. The van der Waals surface area contributed by atoms with Gasteiger partial charge in [-0.05, 0) is 144 Å². The molecule has 0 saturated heterocycles. The van der Waals surface area contributed by atoms with Crippen molar-refractivity contribution in [3.05, 3.63) is 0 Å². The first-order valence-electron chi connectivity index (χ1n) is 20.9. The van der Waals surface area contributed by atoms with Crippen LogP contribution < -0.4 is 17.2 Å². The highest BCUT2D eigenvalue weighted by molar-refractivity contribution is 5.15. The summed E-state index contributed by atoms with van der Waals surface area (Å²) in [4.78, 5) is 0. The van der Waals surface area contributed by atoms with Gasteiger partial charge >= 0.3 is 0 Å². The van der Waals surface area contributed by atoms with Crippen molar-refractivity contribution in [3.63, 3.8) is 0 Å². The molecule has 48 heavy (non-hydrogen) atoms. The molecule has 7 heteroatoms. The lowest BCUT2D eigenvalue weighted by Gasteiger charge is -2.65. The Bertz CT molecular complexity index is 879. The summed E-state index contributed by atoms with van der Waals surface area (Å²) in [5.41, 5.74) is 18.2. The van der Waals surface area contributed by atoms with Crippen molar-refractivity contribution in [2.45, 2.75) is 162 Å². The monoisotopic (exact) mass is 678 g/mol. The maximum Gasteiger partial charge on any atom is 0.0637 e. The maximum atomic E-state index is 7.02. The molecule has 282 valence electrons. The molecule has 4 aliphatic rings. The fraction of sp³-hybridized carbons (Fsp3) is 1.00. The third kappa shape index (κ3) is 9.98. The molecule has 11 atom stereocenters. The Morgan fingerprint density at radius 3 is 2.06 bits per heavy atom. The molecule has 0 aromatic heterocycles. The van der Waals surface area contributed by atoms with Crippen LogP contribution in [0.25, 0.3) is 0 Å². The second-order valence-corrected chi connectivity index (χ2v) is 17.0. The van der Waals surface area contributed by atoms with Crippen LogP contribution in [-0.2, 0) is 18.9 Å². The number of rotatable bonds is 24. The fourth-order valence-corrected chi connectivity index (χ4v) is 11.4. The summed E-state index contributed by atoms with van der Waals surface area (Å²) in [7, 11) is 0. The van der Waals surface area contributed by atoms with Gasteiger partial charge in [0.25, 0.3) is 0 Å². The zero-order valence-electron chi connectivity index (χ0n) is 31.9. The molecule has 0 bridgehead atoms. The summed E-state index contributed by atoms with van der Waals surface area (Å²) in [6, 6.07) is 0. The first kappa shape index (κ1) is 40.5. The number of nitrogens with two attached hydrogens (primary N) is 3. The summed E-state index contributed by atoms with van der Waals surface area (Å²) in [6.45, 7) is 16.4. The van der Waals surface area contributed by atoms with Crippen LogP contribution in [0.4, 0.5) is 0 Å². The lowest BCUT2D eigenvalue weighted by molar-refractivity contribution is -0.227. The lowest BCUT2D eigenvalue weighted by atomic mass is 9.43. The van der Waals surface area contributed by atoms with E-state index in [4.69, 9.17) is 36.1 Å². The molecule has 6 N–H and O–H groups in total. The zero-order chi connectivity index (χ0) is 34.4. The SMILES string of the molecule is CCCCCCCCOCCC[C@@H](C)[C@H]1CCC2C3C(C[C@H](OCCCN)[C@@]21C)[C@@]1(C)CC[C@@H](OCCCN)CC1C[C@H]3OCCCN. The van der Waals surface area contributed by atoms with E-state index in [1.54, 1.807) is 0 Å². The lowest BCUT2D eigenvalue weighted by Crippen LogP contribution is -2.63. The number of ether oxygens (including phenoxy) is 4. The van der Waals surface area contributed by atoms with Gasteiger partial charge in [-0.3, -0.25) is 0 Å². The summed E-state index contributed by atoms with van der Waals surface area (Å²) < 4.78 is 26.5. The number of hydrogen-bond acceptors (Lipinski definition) is 7. The highest BCUT2D eigenvalue weighted by Gasteiger charge is 2.66. The van der Waals surface area contributed by atoms with Crippen LogP contribution in [0, 0.1) is 46.3 Å². The molecule has 0 radical (unpaired) electrons. The minimum Gasteiger partial charge on any atom is -0.381 e. The van der Waals surface area contributed by atoms with Gasteiger partial charge in [0.15, 0.2) is 0 Å². The van der Waals surface area contributed by atoms with Crippen LogP contribution in [0.2, 0.25) is 0 Å². The summed E-state index contributed by atoms with van der Waals surface area (Å²) in [6.07, 6.45) is 22.6. The molecule has 4 rings (SSSR count). The Kier molecular flexibility index (Phi) is 17.4. The highest BCUT2D eigenvalue weighted by atomic mass is 16.5. The van der Waals surface area contributed by atoms with E-state index >= 15 is 0 Å². The van der Waals surface area contributed by atoms with Crippen molar-refractivity contribution < 1.29 is 18.9 Å². The van der Waals surface area contributed by atoms with Gasteiger partial charge in [0.2, 0.25) is 0 Å². The quantitative estimate of drug-likeness (QED) is 0.0891. The first-order valence-corrected chi connectivity index (χ1v) is 20.9. The Hall–Kier alpha value is -0.280. The zero-order valence-corrected chi connectivity index (χ0v) is 31.9. The van der Waals surface area contributed by atoms with E-state index in [1.807, 2.05) is 0 Å². The Morgan fingerprint density at radius 2 is 1.33 bits per heavy atom. The third-order valence-electron chi connectivity index (χ3n) is 14.1. The summed E-state index contributed by atoms with van der Waals surface area (Å²) in [5.74, 6) is 3.81. The van der Waals surface area contributed by atoms with Crippen molar-refractivity contribution >= 4 is 0 Å². The molecule has 4 aliphatic carbocycles. The van der Waals surface area contributed by atoms with E-state index < -0.39 is 0 Å². The van der Waals surface area contributed by atoms with Crippen LogP contribution in [0.15, 0.2) is 0 Å². The minimum absolute atomic E-state index is 0.162. The predicted octanol–water partition coefficient (Wildman–Crippen LogP) is 7.86. The van der Waals surface area contributed by atoms with E-state index in [2.05, 4.69) is 27.7 Å². The van der Waals surface area contributed by atoms with E-state index in [0.29, 0.717) is 72.8 Å². The van der Waals surface area contributed by atoms with E-state index in [-0.39, 0.29) is 11.5 Å². The van der Waals surface area contributed by atoms with Crippen LogP contribution in [0.1, 0.15) is 143 Å². The van der Waals surface area contributed by atoms with Gasteiger partial charge in [-0.1, -0.05) is 59.8 Å². The van der Waals surface area contributed by atoms with Gasteiger partial charge < -0.3 is 36.1 Å². The van der Waals surface area contributed by atoms with E-state index in [1.165, 1.54) is 77.0 Å². The second-order valence-electron chi connectivity index (χ2n) is 17.0. The molecule has 4 saturated carbocycles. The number of fused-ring (bicyclic) bond motifs is 5. The molecule has 0 aromatic rings.